The number of benzene rings is 1. The van der Waals surface area contributed by atoms with Crippen molar-refractivity contribution >= 4 is 16.9 Å². The average Bonchev–Trinajstić information content (AvgIpc) is 2.84. The molecule has 0 saturated heterocycles. The fourth-order valence-corrected chi connectivity index (χ4v) is 3.31. The number of nitrogens with zero attached hydrogens (tertiary/aromatic N) is 2. The van der Waals surface area contributed by atoms with E-state index in [4.69, 9.17) is 5.73 Å². The highest BCUT2D eigenvalue weighted by Gasteiger charge is 2.34. The Kier molecular flexibility index (Phi) is 4.35. The Labute approximate surface area is 135 Å². The van der Waals surface area contributed by atoms with E-state index in [0.29, 0.717) is 13.0 Å². The van der Waals surface area contributed by atoms with Gasteiger partial charge in [0.25, 0.3) is 0 Å². The summed E-state index contributed by atoms with van der Waals surface area (Å²) in [5.41, 5.74) is 7.02. The molecule has 0 spiro atoms. The normalized spacial score (nSPS) is 17.3. The Morgan fingerprint density at radius 2 is 2.13 bits per heavy atom. The van der Waals surface area contributed by atoms with Crippen LogP contribution in [-0.2, 0) is 18.3 Å². The predicted octanol–water partition coefficient (Wildman–Crippen LogP) is 2.03. The van der Waals surface area contributed by atoms with Crippen LogP contribution >= 0.6 is 0 Å². The number of carbonyl (C=O) groups is 1. The number of hydrogen-bond acceptors (Lipinski definition) is 3. The molecule has 1 fully saturated rings. The molecule has 124 valence electrons. The van der Waals surface area contributed by atoms with E-state index in [1.54, 1.807) is 6.07 Å². The number of imidazole rings is 1. The number of nitrogens with one attached hydrogen (secondary N) is 1. The van der Waals surface area contributed by atoms with Gasteiger partial charge >= 0.3 is 0 Å². The van der Waals surface area contributed by atoms with E-state index in [1.165, 1.54) is 12.1 Å². The van der Waals surface area contributed by atoms with E-state index in [-0.39, 0.29) is 11.7 Å². The van der Waals surface area contributed by atoms with Gasteiger partial charge in [0, 0.05) is 20.0 Å². The van der Waals surface area contributed by atoms with Gasteiger partial charge in [-0.2, -0.15) is 0 Å². The monoisotopic (exact) mass is 318 g/mol. The highest BCUT2D eigenvalue weighted by atomic mass is 19.1. The molecule has 3 rings (SSSR count). The van der Waals surface area contributed by atoms with Crippen molar-refractivity contribution in [2.24, 2.45) is 12.8 Å². The van der Waals surface area contributed by atoms with Gasteiger partial charge < -0.3 is 15.6 Å². The summed E-state index contributed by atoms with van der Waals surface area (Å²) < 4.78 is 15.2. The van der Waals surface area contributed by atoms with Crippen LogP contribution in [-0.4, -0.2) is 27.5 Å². The number of rotatable bonds is 4. The predicted molar refractivity (Wildman–Crippen MR) is 87.4 cm³/mol. The summed E-state index contributed by atoms with van der Waals surface area (Å²) in [6.45, 7) is 0.484. The minimum absolute atomic E-state index is 0.0676. The van der Waals surface area contributed by atoms with Crippen molar-refractivity contribution in [2.75, 3.05) is 6.54 Å². The van der Waals surface area contributed by atoms with Gasteiger partial charge in [-0.1, -0.05) is 19.3 Å². The molecule has 0 atom stereocenters. The molecule has 0 unspecified atom stereocenters. The molecule has 1 aliphatic carbocycles. The molecular formula is C17H23FN4O. The molecule has 0 aliphatic heterocycles. The Hall–Kier alpha value is -1.95. The maximum absolute atomic E-state index is 13.3. The van der Waals surface area contributed by atoms with Crippen molar-refractivity contribution in [3.63, 3.8) is 0 Å². The van der Waals surface area contributed by atoms with E-state index in [1.807, 2.05) is 11.6 Å². The molecule has 6 heteroatoms. The number of halogens is 1. The zero-order valence-electron chi connectivity index (χ0n) is 13.4. The molecule has 3 N–H and O–H groups in total. The van der Waals surface area contributed by atoms with E-state index in [2.05, 4.69) is 10.3 Å². The van der Waals surface area contributed by atoms with Crippen LogP contribution in [0.2, 0.25) is 0 Å². The molecule has 1 aromatic heterocycles. The summed E-state index contributed by atoms with van der Waals surface area (Å²) in [5.74, 6) is 0.477. The Bertz CT molecular complexity index is 719. The average molecular weight is 318 g/mol. The lowest BCUT2D eigenvalue weighted by Gasteiger charge is -2.31. The van der Waals surface area contributed by atoms with E-state index < -0.39 is 5.54 Å². The number of amides is 1. The summed E-state index contributed by atoms with van der Waals surface area (Å²) in [6, 6.07) is 4.55. The second-order valence-corrected chi connectivity index (χ2v) is 6.44. The van der Waals surface area contributed by atoms with E-state index in [9.17, 15) is 9.18 Å². The zero-order valence-corrected chi connectivity index (χ0v) is 13.4. The first-order valence-electron chi connectivity index (χ1n) is 8.18. The minimum Gasteiger partial charge on any atom is -0.354 e. The first-order valence-corrected chi connectivity index (χ1v) is 8.18. The number of fused-ring (bicyclic) bond motifs is 1. The molecule has 1 aromatic carbocycles. The zero-order chi connectivity index (χ0) is 16.4. The van der Waals surface area contributed by atoms with Crippen LogP contribution in [0.4, 0.5) is 4.39 Å². The lowest BCUT2D eigenvalue weighted by Crippen LogP contribution is -2.55. The first-order chi connectivity index (χ1) is 11.0. The summed E-state index contributed by atoms with van der Waals surface area (Å²) in [7, 11) is 1.86. The van der Waals surface area contributed by atoms with E-state index >= 15 is 0 Å². The fraction of sp³-hybridized carbons (Fsp3) is 0.529. The van der Waals surface area contributed by atoms with Gasteiger partial charge in [-0.25, -0.2) is 9.37 Å². The Morgan fingerprint density at radius 1 is 1.39 bits per heavy atom. The lowest BCUT2D eigenvalue weighted by atomic mass is 9.82. The van der Waals surface area contributed by atoms with Crippen LogP contribution in [0.3, 0.4) is 0 Å². The molecule has 1 saturated carbocycles. The number of carbonyl (C=O) groups excluding carboxylic acids is 1. The van der Waals surface area contributed by atoms with Crippen LogP contribution in [0.5, 0.6) is 0 Å². The van der Waals surface area contributed by atoms with Crippen LogP contribution in [0, 0.1) is 5.82 Å². The number of aromatic nitrogens is 2. The number of nitrogens with two attached hydrogens (primary N) is 1. The van der Waals surface area contributed by atoms with Crippen molar-refractivity contribution < 1.29 is 9.18 Å². The van der Waals surface area contributed by atoms with Gasteiger partial charge in [-0.05, 0) is 31.0 Å². The quantitative estimate of drug-likeness (QED) is 0.906. The summed E-state index contributed by atoms with van der Waals surface area (Å²) >= 11 is 0. The number of aryl methyl sites for hydroxylation is 1. The minimum atomic E-state index is -0.715. The smallest absolute Gasteiger partial charge is 0.240 e. The molecule has 1 aliphatic rings. The van der Waals surface area contributed by atoms with Crippen molar-refractivity contribution in [3.8, 4) is 0 Å². The number of hydrogen-bond donors (Lipinski definition) is 2. The lowest BCUT2D eigenvalue weighted by molar-refractivity contribution is -0.127. The third-order valence-electron chi connectivity index (χ3n) is 4.77. The molecular weight excluding hydrogens is 295 g/mol. The Balaban J connectivity index is 1.62. The molecule has 1 amide bonds. The maximum Gasteiger partial charge on any atom is 0.240 e. The van der Waals surface area contributed by atoms with Gasteiger partial charge in [-0.15, -0.1) is 0 Å². The summed E-state index contributed by atoms with van der Waals surface area (Å²) in [4.78, 5) is 16.8. The fourth-order valence-electron chi connectivity index (χ4n) is 3.31. The standard InChI is InChI=1S/C17H23FN4O/c1-22-14-11-12(18)5-6-13(14)21-15(22)7-10-20-16(23)17(19)8-3-2-4-9-17/h5-6,11H,2-4,7-10,19H2,1H3,(H,20,23). The molecule has 1 heterocycles. The van der Waals surface area contributed by atoms with Crippen LogP contribution in [0.15, 0.2) is 18.2 Å². The molecule has 23 heavy (non-hydrogen) atoms. The van der Waals surface area contributed by atoms with Crippen molar-refractivity contribution in [3.05, 3.63) is 29.8 Å². The van der Waals surface area contributed by atoms with Crippen LogP contribution in [0.25, 0.3) is 11.0 Å². The molecule has 0 bridgehead atoms. The van der Waals surface area contributed by atoms with Gasteiger partial charge in [0.05, 0.1) is 16.6 Å². The molecule has 2 aromatic rings. The van der Waals surface area contributed by atoms with Crippen LogP contribution in [0.1, 0.15) is 37.9 Å². The van der Waals surface area contributed by atoms with Crippen molar-refractivity contribution in [2.45, 2.75) is 44.1 Å². The SMILES string of the molecule is Cn1c(CCNC(=O)C2(N)CCCCC2)nc2ccc(F)cc21. The van der Waals surface area contributed by atoms with Gasteiger partial charge in [0.15, 0.2) is 0 Å². The second kappa shape index (κ2) is 6.28. The van der Waals surface area contributed by atoms with Gasteiger partial charge in [-0.3, -0.25) is 4.79 Å². The molecule has 5 nitrogen and oxygen atoms in total. The van der Waals surface area contributed by atoms with Gasteiger partial charge in [0.1, 0.15) is 11.6 Å². The van der Waals surface area contributed by atoms with Crippen molar-refractivity contribution in [1.29, 1.82) is 0 Å². The largest absolute Gasteiger partial charge is 0.354 e. The second-order valence-electron chi connectivity index (χ2n) is 6.44. The molecule has 0 radical (unpaired) electrons. The van der Waals surface area contributed by atoms with Crippen LogP contribution < -0.4 is 11.1 Å². The Morgan fingerprint density at radius 3 is 2.87 bits per heavy atom. The summed E-state index contributed by atoms with van der Waals surface area (Å²) in [5, 5.41) is 2.93. The van der Waals surface area contributed by atoms with Crippen molar-refractivity contribution in [1.82, 2.24) is 14.9 Å². The topological polar surface area (TPSA) is 72.9 Å². The summed E-state index contributed by atoms with van der Waals surface area (Å²) in [6.07, 6.45) is 5.28. The third kappa shape index (κ3) is 3.22. The third-order valence-corrected chi connectivity index (χ3v) is 4.77. The highest BCUT2D eigenvalue weighted by Crippen LogP contribution is 2.26. The van der Waals surface area contributed by atoms with Gasteiger partial charge in [0.2, 0.25) is 5.91 Å². The maximum atomic E-state index is 13.3. The first kappa shape index (κ1) is 15.9. The van der Waals surface area contributed by atoms with E-state index in [0.717, 1.165) is 49.0 Å². The highest BCUT2D eigenvalue weighted by molar-refractivity contribution is 5.86.